The Balaban J connectivity index is 0.000000148. The summed E-state index contributed by atoms with van der Waals surface area (Å²) < 4.78 is 87.3. The van der Waals surface area contributed by atoms with E-state index in [0.29, 0.717) is 83.6 Å². The van der Waals surface area contributed by atoms with Crippen molar-refractivity contribution in [3.63, 3.8) is 0 Å². The highest BCUT2D eigenvalue weighted by Gasteiger charge is 2.52. The average molecular weight is 1220 g/mol. The number of alkyl halides is 3. The number of nitrogens with zero attached hydrogens (tertiary/aromatic N) is 11. The molecule has 2 amide bonds. The van der Waals surface area contributed by atoms with Crippen LogP contribution in [0.25, 0.3) is 55.6 Å². The molecule has 4 fully saturated rings. The maximum Gasteiger partial charge on any atom is 0.494 e. The fourth-order valence-corrected chi connectivity index (χ4v) is 10.8. The second-order valence-electron chi connectivity index (χ2n) is 25.9. The first-order chi connectivity index (χ1) is 42.0. The zero-order valence-electron chi connectivity index (χ0n) is 51.5. The Kier molecular flexibility index (Phi) is 17.1. The molecule has 0 aliphatic carbocycles. The first kappa shape index (κ1) is 63.0. The van der Waals surface area contributed by atoms with Crippen LogP contribution in [0, 0.1) is 34.1 Å². The van der Waals surface area contributed by atoms with E-state index in [-0.39, 0.29) is 56.6 Å². The molecule has 3 aromatic carbocycles. The van der Waals surface area contributed by atoms with Crippen molar-refractivity contribution < 1.29 is 54.8 Å². The third-order valence-electron chi connectivity index (χ3n) is 16.1. The molecule has 9 heterocycles. The van der Waals surface area contributed by atoms with Gasteiger partial charge in [0.2, 0.25) is 34.7 Å². The summed E-state index contributed by atoms with van der Waals surface area (Å²) in [5.41, 5.74) is -0.0289. The Labute approximate surface area is 513 Å². The van der Waals surface area contributed by atoms with Gasteiger partial charge in [0.05, 0.1) is 30.8 Å². The summed E-state index contributed by atoms with van der Waals surface area (Å²) >= 11 is 0. The van der Waals surface area contributed by atoms with E-state index in [2.05, 4.69) is 24.9 Å². The molecule has 0 spiro atoms. The number of halogens is 3. The van der Waals surface area contributed by atoms with Crippen LogP contribution in [0.15, 0.2) is 105 Å². The van der Waals surface area contributed by atoms with E-state index in [9.17, 15) is 9.59 Å². The van der Waals surface area contributed by atoms with Gasteiger partial charge in [-0.25, -0.2) is 47.7 Å². The number of fused-ring (bicyclic) bond motifs is 3. The predicted octanol–water partition coefficient (Wildman–Crippen LogP) is 12.8. The van der Waals surface area contributed by atoms with E-state index in [1.165, 1.54) is 14.7 Å². The molecule has 0 unspecified atom stereocenters. The molecular weight excluding hydrogens is 1150 g/mol. The summed E-state index contributed by atoms with van der Waals surface area (Å²) in [5, 5.41) is 27.1. The fourth-order valence-electron chi connectivity index (χ4n) is 10.8. The number of ether oxygens (including phenoxy) is 2. The van der Waals surface area contributed by atoms with Crippen LogP contribution in [-0.4, -0.2) is 121 Å². The highest BCUT2D eigenvalue weighted by atomic mass is 19.2. The fraction of sp³-hybridized carbons (Fsp3) is 0.446. The molecule has 12 rings (SSSR count). The lowest BCUT2D eigenvalue weighted by Gasteiger charge is -2.36. The zero-order valence-corrected chi connectivity index (χ0v) is 51.5. The first-order valence-electron chi connectivity index (χ1n) is 29.5. The molecule has 0 saturated carbocycles. The minimum absolute atomic E-state index is 0.0112. The molecule has 4 aliphatic heterocycles. The number of aromatic nitrogens is 5. The number of carbonyl (C=O) groups is 2. The first-order valence-corrected chi connectivity index (χ1v) is 29.5. The second kappa shape index (κ2) is 24.1. The molecule has 0 radical (unpaired) electrons. The third kappa shape index (κ3) is 14.0. The number of pyridine rings is 2. The molecule has 0 N–H and O–H groups in total. The Morgan fingerprint density at radius 1 is 0.539 bits per heavy atom. The van der Waals surface area contributed by atoms with Crippen molar-refractivity contribution in [3.8, 4) is 40.6 Å². The second-order valence-corrected chi connectivity index (χ2v) is 25.9. The Hall–Kier alpha value is -9.05. The number of carbonyl (C=O) groups excluding carboxylic acids is 2. The number of rotatable bonds is 6. The van der Waals surface area contributed by atoms with E-state index in [4.69, 9.17) is 47.8 Å². The molecule has 3 atom stereocenters. The van der Waals surface area contributed by atoms with Gasteiger partial charge in [-0.15, -0.1) is 0 Å². The molecule has 89 heavy (non-hydrogen) atoms. The van der Waals surface area contributed by atoms with Crippen LogP contribution in [0.2, 0.25) is 0 Å². The maximum absolute atomic E-state index is 15.9. The van der Waals surface area contributed by atoms with Crippen LogP contribution < -0.4 is 5.46 Å². The molecule has 462 valence electrons. The van der Waals surface area contributed by atoms with Crippen molar-refractivity contribution in [2.45, 2.75) is 147 Å². The molecule has 24 heteroatoms. The summed E-state index contributed by atoms with van der Waals surface area (Å²) in [5.74, 6) is -0.0516. The van der Waals surface area contributed by atoms with Gasteiger partial charge in [0, 0.05) is 32.0 Å². The van der Waals surface area contributed by atoms with Crippen LogP contribution in [0.3, 0.4) is 0 Å². The van der Waals surface area contributed by atoms with Gasteiger partial charge in [0.15, 0.2) is 22.9 Å². The van der Waals surface area contributed by atoms with Crippen LogP contribution in [0.5, 0.6) is 0 Å². The van der Waals surface area contributed by atoms with Crippen LogP contribution >= 0.6 is 0 Å². The quantitative estimate of drug-likeness (QED) is 0.111. The highest BCUT2D eigenvalue weighted by molar-refractivity contribution is 6.62. The molecule has 8 aromatic rings. The molecule has 20 nitrogen and oxygen atoms in total. The molecule has 4 saturated heterocycles. The summed E-state index contributed by atoms with van der Waals surface area (Å²) in [6.07, 6.45) is 6.32. The van der Waals surface area contributed by atoms with Crippen LogP contribution in [0.4, 0.5) is 22.8 Å². The van der Waals surface area contributed by atoms with Crippen molar-refractivity contribution >= 4 is 58.1 Å². The summed E-state index contributed by atoms with van der Waals surface area (Å²) in [4.78, 5) is 50.2. The lowest BCUT2D eigenvalue weighted by Crippen LogP contribution is -2.48. The standard InChI is InChI=1S/C23H32BFN2O5.C23H23FN4O3.C19H14FN5O/c1-20(2,3)30-19(28)27-12-8-11-23(25,14-27)18-26-16-13-15(9-10-17(16)29-18)24-31-21(4,5)22(6,7)32-24;1-22(2,3)31-21(29)28-10-4-8-23(24,14-28)20-27-18-12-15(5-6-19(18)30-20)16-7-9-26-17(11-16)13-25;20-19(5-1-7-25(11-19)12-22)18-24-16-9-13(2-3-17(16)26-18)14-4-6-23-15(8-14)10-21/h9-10,13H,8,11-12,14H2,1-7H3;5-7,9,11-12H,4,8,10,14H2,1-3H3;2-4,6,8-9H,1,5,7,11H2/t2*23-;19-/m111/s1. The van der Waals surface area contributed by atoms with E-state index in [0.717, 1.165) is 27.7 Å². The van der Waals surface area contributed by atoms with Gasteiger partial charge in [0.25, 0.3) is 0 Å². The number of hydrogen-bond donors (Lipinski definition) is 0. The predicted molar refractivity (Wildman–Crippen MR) is 322 cm³/mol. The lowest BCUT2D eigenvalue weighted by molar-refractivity contribution is -0.0143. The van der Waals surface area contributed by atoms with Gasteiger partial charge >= 0.3 is 19.3 Å². The number of amides is 2. The normalized spacial score (nSPS) is 21.6. The monoisotopic (exact) mass is 1220 g/mol. The summed E-state index contributed by atoms with van der Waals surface area (Å²) in [6.45, 7) is 19.7. The molecule has 5 aromatic heterocycles. The summed E-state index contributed by atoms with van der Waals surface area (Å²) in [7, 11) is -0.541. The largest absolute Gasteiger partial charge is 0.494 e. The highest BCUT2D eigenvalue weighted by Crippen LogP contribution is 2.42. The number of benzene rings is 3. The van der Waals surface area contributed by atoms with Crippen LogP contribution in [0.1, 0.15) is 137 Å². The topological polar surface area (TPSA) is 256 Å². The third-order valence-corrected chi connectivity index (χ3v) is 16.1. The molecular formula is C65H69BF3N11O9. The zero-order chi connectivity index (χ0) is 63.9. The van der Waals surface area contributed by atoms with Crippen molar-refractivity contribution in [1.82, 2.24) is 39.6 Å². The van der Waals surface area contributed by atoms with Gasteiger partial charge in [0.1, 0.15) is 51.3 Å². The molecule has 0 bridgehead atoms. The average Bonchev–Trinajstić information content (AvgIpc) is 1.82. The van der Waals surface area contributed by atoms with E-state index >= 15 is 13.2 Å². The van der Waals surface area contributed by atoms with E-state index < -0.39 is 58.7 Å². The van der Waals surface area contributed by atoms with E-state index in [1.54, 1.807) is 109 Å². The number of likely N-dealkylation sites (tertiary alicyclic amines) is 3. The number of piperidine rings is 3. The van der Waals surface area contributed by atoms with Gasteiger partial charge in [-0.1, -0.05) is 18.2 Å². The Bertz CT molecular complexity index is 4090. The Morgan fingerprint density at radius 3 is 1.33 bits per heavy atom. The summed E-state index contributed by atoms with van der Waals surface area (Å²) in [6, 6.07) is 27.1. The van der Waals surface area contributed by atoms with Gasteiger partial charge in [-0.05, 0) is 196 Å². The van der Waals surface area contributed by atoms with Gasteiger partial charge < -0.3 is 46.7 Å². The number of nitriles is 3. The number of hydrogen-bond acceptors (Lipinski definition) is 18. The van der Waals surface area contributed by atoms with Crippen molar-refractivity contribution in [3.05, 3.63) is 120 Å². The van der Waals surface area contributed by atoms with E-state index in [1.807, 2.05) is 70.3 Å². The maximum atomic E-state index is 15.9. The number of oxazole rings is 3. The lowest BCUT2D eigenvalue weighted by atomic mass is 9.79. The minimum atomic E-state index is -1.89. The smallest absolute Gasteiger partial charge is 0.444 e. The van der Waals surface area contributed by atoms with Gasteiger partial charge in [-0.2, -0.15) is 15.8 Å². The van der Waals surface area contributed by atoms with Crippen molar-refractivity contribution in [2.24, 2.45) is 0 Å². The van der Waals surface area contributed by atoms with Crippen molar-refractivity contribution in [2.75, 3.05) is 39.3 Å². The minimum Gasteiger partial charge on any atom is -0.444 e. The van der Waals surface area contributed by atoms with Crippen molar-refractivity contribution in [1.29, 1.82) is 15.8 Å². The SMILES string of the molecule is CC(C)(C)OC(=O)N1CCC[C@](F)(c2nc3cc(-c4ccnc(C#N)c4)ccc3o2)C1.CC(C)(C)OC(=O)N1CCC[C@](F)(c2nc3cc(B4OC(C)(C)C(C)(C)O4)ccc3o2)C1.N#Cc1cc(-c2ccc3oc([C@@]4(F)CCCN(C#N)C4)nc3c2)ccn1. The van der Waals surface area contributed by atoms with Crippen LogP contribution in [-0.2, 0) is 35.8 Å². The van der Waals surface area contributed by atoms with Gasteiger partial charge in [-0.3, -0.25) is 0 Å². The molecule has 4 aliphatic rings. The Morgan fingerprint density at radius 2 is 0.921 bits per heavy atom.